The van der Waals surface area contributed by atoms with E-state index >= 15 is 0 Å². The highest BCUT2D eigenvalue weighted by atomic mass is 32.1. The fraction of sp³-hybridized carbons (Fsp3) is 0.381. The molecule has 150 valence electrons. The second kappa shape index (κ2) is 9.68. The summed E-state index contributed by atoms with van der Waals surface area (Å²) >= 11 is 5.51. The van der Waals surface area contributed by atoms with E-state index in [0.29, 0.717) is 11.7 Å². The van der Waals surface area contributed by atoms with Crippen LogP contribution in [0.4, 0.5) is 20.2 Å². The van der Waals surface area contributed by atoms with Crippen molar-refractivity contribution >= 4 is 28.7 Å². The van der Waals surface area contributed by atoms with Crippen LogP contribution in [0.1, 0.15) is 24.8 Å². The molecule has 1 N–H and O–H groups in total. The Kier molecular flexibility index (Phi) is 7.03. The zero-order valence-electron chi connectivity index (χ0n) is 15.9. The summed E-state index contributed by atoms with van der Waals surface area (Å²) in [7, 11) is 1.94. The zero-order chi connectivity index (χ0) is 19.9. The molecule has 4 nitrogen and oxygen atoms in total. The molecule has 1 aliphatic heterocycles. The van der Waals surface area contributed by atoms with Gasteiger partial charge in [-0.2, -0.15) is 8.78 Å². The summed E-state index contributed by atoms with van der Waals surface area (Å²) in [4.78, 5) is 4.42. The summed E-state index contributed by atoms with van der Waals surface area (Å²) < 4.78 is 28.8. The minimum atomic E-state index is -2.83. The maximum absolute atomic E-state index is 12.2. The molecule has 1 heterocycles. The molecule has 2 aromatic carbocycles. The van der Waals surface area contributed by atoms with Gasteiger partial charge in [-0.3, -0.25) is 0 Å². The third-order valence-corrected chi connectivity index (χ3v) is 5.19. The van der Waals surface area contributed by atoms with E-state index in [0.717, 1.165) is 18.8 Å². The lowest BCUT2D eigenvalue weighted by Crippen LogP contribution is -2.33. The summed E-state index contributed by atoms with van der Waals surface area (Å²) in [5.74, 6) is 0.121. The molecule has 0 radical (unpaired) electrons. The average Bonchev–Trinajstić information content (AvgIpc) is 2.70. The smallest absolute Gasteiger partial charge is 0.387 e. The summed E-state index contributed by atoms with van der Waals surface area (Å²) in [6, 6.07) is 14.7. The summed E-state index contributed by atoms with van der Waals surface area (Å²) in [6.45, 7) is 0.0452. The Hall–Kier alpha value is -2.41. The van der Waals surface area contributed by atoms with Gasteiger partial charge >= 0.3 is 6.61 Å². The van der Waals surface area contributed by atoms with Gasteiger partial charge in [0, 0.05) is 38.1 Å². The van der Waals surface area contributed by atoms with Gasteiger partial charge in [0.05, 0.1) is 0 Å². The number of rotatable bonds is 6. The number of anilines is 2. The molecular weight excluding hydrogens is 380 g/mol. The topological polar surface area (TPSA) is 27.7 Å². The van der Waals surface area contributed by atoms with Gasteiger partial charge in [-0.1, -0.05) is 18.2 Å². The monoisotopic (exact) mass is 405 g/mol. The summed E-state index contributed by atoms with van der Waals surface area (Å²) in [5.41, 5.74) is 3.23. The number of nitrogens with one attached hydrogen (secondary N) is 1. The largest absolute Gasteiger partial charge is 0.435 e. The number of benzene rings is 2. The number of halogens is 2. The molecule has 0 unspecified atom stereocenters. The van der Waals surface area contributed by atoms with Gasteiger partial charge in [0.2, 0.25) is 0 Å². The zero-order valence-corrected chi connectivity index (χ0v) is 16.7. The fourth-order valence-electron chi connectivity index (χ4n) is 3.35. The van der Waals surface area contributed by atoms with E-state index < -0.39 is 6.61 Å². The number of hydrogen-bond donors (Lipinski definition) is 1. The van der Waals surface area contributed by atoms with Crippen LogP contribution in [0.15, 0.2) is 48.5 Å². The molecule has 2 aromatic rings. The molecule has 0 aliphatic carbocycles. The van der Waals surface area contributed by atoms with Crippen LogP contribution in [-0.2, 0) is 6.54 Å². The van der Waals surface area contributed by atoms with E-state index in [-0.39, 0.29) is 5.75 Å². The van der Waals surface area contributed by atoms with Gasteiger partial charge in [0.15, 0.2) is 5.11 Å². The Morgan fingerprint density at radius 3 is 2.46 bits per heavy atom. The predicted molar refractivity (Wildman–Crippen MR) is 113 cm³/mol. The van der Waals surface area contributed by atoms with Crippen molar-refractivity contribution in [2.75, 3.05) is 30.4 Å². The van der Waals surface area contributed by atoms with Crippen molar-refractivity contribution in [1.82, 2.24) is 4.90 Å². The van der Waals surface area contributed by atoms with E-state index in [1.54, 1.807) is 12.1 Å². The standard InChI is InChI=1S/C21H25F2N3OS/c1-25(21(28)24-17-9-11-18(12-10-17)27-20(22)23)15-16-7-3-4-8-19(16)26-13-5-2-6-14-26/h3-4,7-12,20H,2,5-6,13-15H2,1H3,(H,24,28). The maximum atomic E-state index is 12.2. The number of para-hydroxylation sites is 1. The first-order valence-electron chi connectivity index (χ1n) is 9.43. The van der Waals surface area contributed by atoms with Gasteiger partial charge in [0.25, 0.3) is 0 Å². The van der Waals surface area contributed by atoms with Crippen molar-refractivity contribution in [2.24, 2.45) is 0 Å². The molecule has 0 saturated carbocycles. The Morgan fingerprint density at radius 1 is 1.11 bits per heavy atom. The summed E-state index contributed by atoms with van der Waals surface area (Å²) in [5, 5.41) is 3.71. The summed E-state index contributed by atoms with van der Waals surface area (Å²) in [6.07, 6.45) is 3.76. The van der Waals surface area contributed by atoms with E-state index in [9.17, 15) is 8.78 Å². The van der Waals surface area contributed by atoms with Crippen LogP contribution in [0.5, 0.6) is 5.75 Å². The van der Waals surface area contributed by atoms with Crippen LogP contribution in [0, 0.1) is 0 Å². The first kappa shape index (κ1) is 20.3. The second-order valence-corrected chi connectivity index (χ2v) is 7.25. The number of piperidine rings is 1. The van der Waals surface area contributed by atoms with E-state index in [1.165, 1.54) is 42.6 Å². The molecule has 7 heteroatoms. The Morgan fingerprint density at radius 2 is 1.79 bits per heavy atom. The normalized spacial score (nSPS) is 14.1. The van der Waals surface area contributed by atoms with E-state index in [2.05, 4.69) is 39.2 Å². The molecule has 0 spiro atoms. The van der Waals surface area contributed by atoms with Gasteiger partial charge in [-0.05, 0) is 67.4 Å². The highest BCUT2D eigenvalue weighted by Crippen LogP contribution is 2.25. The lowest BCUT2D eigenvalue weighted by atomic mass is 10.1. The molecule has 0 atom stereocenters. The third-order valence-electron chi connectivity index (χ3n) is 4.77. The van der Waals surface area contributed by atoms with Crippen molar-refractivity contribution < 1.29 is 13.5 Å². The van der Waals surface area contributed by atoms with Crippen LogP contribution < -0.4 is 15.0 Å². The molecule has 1 fully saturated rings. The molecule has 0 bridgehead atoms. The number of ether oxygens (including phenoxy) is 1. The highest BCUT2D eigenvalue weighted by molar-refractivity contribution is 7.80. The number of nitrogens with zero attached hydrogens (tertiary/aromatic N) is 2. The van der Waals surface area contributed by atoms with Crippen molar-refractivity contribution in [3.05, 3.63) is 54.1 Å². The first-order valence-corrected chi connectivity index (χ1v) is 9.83. The second-order valence-electron chi connectivity index (χ2n) is 6.87. The van der Waals surface area contributed by atoms with Crippen LogP contribution in [0.3, 0.4) is 0 Å². The van der Waals surface area contributed by atoms with E-state index in [4.69, 9.17) is 12.2 Å². The number of thiocarbonyl (C=S) groups is 1. The maximum Gasteiger partial charge on any atom is 0.387 e. The Bertz CT molecular complexity index is 779. The Labute approximate surface area is 170 Å². The molecular formula is C21H25F2N3OS. The van der Waals surface area contributed by atoms with Gasteiger partial charge in [-0.25, -0.2) is 0 Å². The molecule has 0 amide bonds. The number of hydrogen-bond acceptors (Lipinski definition) is 3. The molecule has 28 heavy (non-hydrogen) atoms. The first-order chi connectivity index (χ1) is 13.5. The average molecular weight is 406 g/mol. The van der Waals surface area contributed by atoms with Gasteiger partial charge in [0.1, 0.15) is 5.75 Å². The molecule has 1 aliphatic rings. The van der Waals surface area contributed by atoms with Crippen molar-refractivity contribution in [1.29, 1.82) is 0 Å². The number of alkyl halides is 2. The minimum absolute atomic E-state index is 0.121. The highest BCUT2D eigenvalue weighted by Gasteiger charge is 2.16. The van der Waals surface area contributed by atoms with Crippen LogP contribution in [0.25, 0.3) is 0 Å². The molecule has 1 saturated heterocycles. The van der Waals surface area contributed by atoms with Crippen molar-refractivity contribution in [3.63, 3.8) is 0 Å². The van der Waals surface area contributed by atoms with Crippen LogP contribution in [-0.4, -0.2) is 36.8 Å². The Balaban J connectivity index is 1.61. The molecule has 3 rings (SSSR count). The van der Waals surface area contributed by atoms with Crippen molar-refractivity contribution in [2.45, 2.75) is 32.4 Å². The predicted octanol–water partition coefficient (Wildman–Crippen LogP) is 5.11. The van der Waals surface area contributed by atoms with Gasteiger partial charge < -0.3 is 19.9 Å². The lowest BCUT2D eigenvalue weighted by molar-refractivity contribution is -0.0498. The fourth-order valence-corrected chi connectivity index (χ4v) is 3.54. The SMILES string of the molecule is CN(Cc1ccccc1N1CCCCC1)C(=S)Nc1ccc(OC(F)F)cc1. The third kappa shape index (κ3) is 5.55. The lowest BCUT2D eigenvalue weighted by Gasteiger charge is -2.32. The molecule has 0 aromatic heterocycles. The minimum Gasteiger partial charge on any atom is -0.435 e. The van der Waals surface area contributed by atoms with Crippen molar-refractivity contribution in [3.8, 4) is 5.75 Å². The van der Waals surface area contributed by atoms with Crippen LogP contribution in [0.2, 0.25) is 0 Å². The van der Waals surface area contributed by atoms with E-state index in [1.807, 2.05) is 11.9 Å². The van der Waals surface area contributed by atoms with Crippen LogP contribution >= 0.6 is 12.2 Å². The quantitative estimate of drug-likeness (QED) is 0.675. The van der Waals surface area contributed by atoms with Gasteiger partial charge in [-0.15, -0.1) is 0 Å².